The molecule has 0 saturated heterocycles. The molecule has 84 valence electrons. The molecule has 0 amide bonds. The van der Waals surface area contributed by atoms with Crippen molar-refractivity contribution in [3.8, 4) is 5.75 Å². The number of benzene rings is 1. The monoisotopic (exact) mass is 208 g/mol. The Labute approximate surface area is 91.8 Å². The molecule has 0 aliphatic heterocycles. The lowest BCUT2D eigenvalue weighted by atomic mass is 10.1. The highest BCUT2D eigenvalue weighted by Gasteiger charge is 2.07. The zero-order valence-electron chi connectivity index (χ0n) is 9.79. The van der Waals surface area contributed by atoms with Crippen LogP contribution in [0.2, 0.25) is 0 Å². The van der Waals surface area contributed by atoms with Crippen LogP contribution in [-0.4, -0.2) is 25.1 Å². The van der Waals surface area contributed by atoms with Crippen LogP contribution in [0.15, 0.2) is 18.2 Å². The smallest absolute Gasteiger partial charge is 0.123 e. The summed E-state index contributed by atoms with van der Waals surface area (Å²) < 4.78 is 5.31. The molecule has 0 aromatic heterocycles. The van der Waals surface area contributed by atoms with Crippen molar-refractivity contribution in [2.45, 2.75) is 20.4 Å². The molecule has 1 rings (SSSR count). The first kappa shape index (κ1) is 11.9. The van der Waals surface area contributed by atoms with E-state index < -0.39 is 0 Å². The first-order valence-corrected chi connectivity index (χ1v) is 5.36. The molecular weight excluding hydrogens is 188 g/mol. The van der Waals surface area contributed by atoms with E-state index >= 15 is 0 Å². The van der Waals surface area contributed by atoms with Gasteiger partial charge < -0.3 is 10.5 Å². The van der Waals surface area contributed by atoms with E-state index in [1.54, 1.807) is 7.11 Å². The highest BCUT2D eigenvalue weighted by atomic mass is 16.5. The Balaban J connectivity index is 2.86. The van der Waals surface area contributed by atoms with Crippen molar-refractivity contribution >= 4 is 5.69 Å². The van der Waals surface area contributed by atoms with E-state index in [1.165, 1.54) is 0 Å². The summed E-state index contributed by atoms with van der Waals surface area (Å²) in [5.74, 6) is 0.913. The molecule has 0 spiro atoms. The maximum atomic E-state index is 5.77. The van der Waals surface area contributed by atoms with Gasteiger partial charge in [-0.05, 0) is 31.3 Å². The number of methoxy groups -OCH3 is 1. The molecule has 0 heterocycles. The molecule has 0 atom stereocenters. The average Bonchev–Trinajstić information content (AvgIpc) is 2.26. The van der Waals surface area contributed by atoms with Crippen molar-refractivity contribution in [2.24, 2.45) is 0 Å². The van der Waals surface area contributed by atoms with Gasteiger partial charge in [0.1, 0.15) is 5.75 Å². The Kier molecular flexibility index (Phi) is 4.43. The SMILES string of the molecule is CCN(CC)Cc1cc(N)ccc1OC. The molecule has 0 radical (unpaired) electrons. The van der Waals surface area contributed by atoms with E-state index in [0.717, 1.165) is 36.6 Å². The van der Waals surface area contributed by atoms with Crippen molar-refractivity contribution in [2.75, 3.05) is 25.9 Å². The Morgan fingerprint density at radius 2 is 1.93 bits per heavy atom. The number of nitrogens with two attached hydrogens (primary N) is 1. The van der Waals surface area contributed by atoms with Gasteiger partial charge in [-0.15, -0.1) is 0 Å². The van der Waals surface area contributed by atoms with Crippen molar-refractivity contribution in [1.29, 1.82) is 0 Å². The molecule has 0 aliphatic carbocycles. The Morgan fingerprint density at radius 3 is 2.47 bits per heavy atom. The second kappa shape index (κ2) is 5.61. The molecular formula is C12H20N2O. The molecule has 0 aliphatic rings. The highest BCUT2D eigenvalue weighted by molar-refractivity contribution is 5.47. The second-order valence-corrected chi connectivity index (χ2v) is 3.53. The normalized spacial score (nSPS) is 10.7. The summed E-state index contributed by atoms with van der Waals surface area (Å²) in [5, 5.41) is 0. The van der Waals surface area contributed by atoms with Gasteiger partial charge in [-0.2, -0.15) is 0 Å². The van der Waals surface area contributed by atoms with Crippen LogP contribution in [0, 0.1) is 0 Å². The van der Waals surface area contributed by atoms with Crippen LogP contribution in [0.3, 0.4) is 0 Å². The van der Waals surface area contributed by atoms with Crippen LogP contribution in [-0.2, 0) is 6.54 Å². The Hall–Kier alpha value is -1.22. The standard InChI is InChI=1S/C12H20N2O/c1-4-14(5-2)9-10-8-11(13)6-7-12(10)15-3/h6-8H,4-5,9,13H2,1-3H3. The largest absolute Gasteiger partial charge is 0.496 e. The lowest BCUT2D eigenvalue weighted by Gasteiger charge is -2.19. The molecule has 0 saturated carbocycles. The third-order valence-electron chi connectivity index (χ3n) is 2.59. The molecule has 15 heavy (non-hydrogen) atoms. The van der Waals surface area contributed by atoms with E-state index in [2.05, 4.69) is 18.7 Å². The van der Waals surface area contributed by atoms with Gasteiger partial charge in [-0.3, -0.25) is 4.90 Å². The van der Waals surface area contributed by atoms with Gasteiger partial charge in [0.05, 0.1) is 7.11 Å². The van der Waals surface area contributed by atoms with Crippen molar-refractivity contribution in [3.05, 3.63) is 23.8 Å². The van der Waals surface area contributed by atoms with Crippen molar-refractivity contribution in [1.82, 2.24) is 4.90 Å². The molecule has 3 heteroatoms. The van der Waals surface area contributed by atoms with E-state index in [0.29, 0.717) is 0 Å². The first-order chi connectivity index (χ1) is 7.21. The maximum absolute atomic E-state index is 5.77. The molecule has 3 nitrogen and oxygen atoms in total. The molecule has 0 unspecified atom stereocenters. The summed E-state index contributed by atoms with van der Waals surface area (Å²) in [5.41, 5.74) is 7.71. The van der Waals surface area contributed by atoms with Gasteiger partial charge in [0, 0.05) is 17.8 Å². The Bertz CT molecular complexity index is 308. The van der Waals surface area contributed by atoms with Gasteiger partial charge >= 0.3 is 0 Å². The predicted octanol–water partition coefficient (Wildman–Crippen LogP) is 2.12. The zero-order chi connectivity index (χ0) is 11.3. The minimum Gasteiger partial charge on any atom is -0.496 e. The van der Waals surface area contributed by atoms with Gasteiger partial charge in [0.25, 0.3) is 0 Å². The number of ether oxygens (including phenoxy) is 1. The maximum Gasteiger partial charge on any atom is 0.123 e. The van der Waals surface area contributed by atoms with Crippen LogP contribution in [0.4, 0.5) is 5.69 Å². The average molecular weight is 208 g/mol. The van der Waals surface area contributed by atoms with E-state index in [1.807, 2.05) is 18.2 Å². The number of rotatable bonds is 5. The lowest BCUT2D eigenvalue weighted by Crippen LogP contribution is -2.22. The topological polar surface area (TPSA) is 38.5 Å². The van der Waals surface area contributed by atoms with Crippen molar-refractivity contribution < 1.29 is 4.74 Å². The fourth-order valence-electron chi connectivity index (χ4n) is 1.61. The number of anilines is 1. The minimum absolute atomic E-state index is 0.790. The third-order valence-corrected chi connectivity index (χ3v) is 2.59. The molecule has 0 fully saturated rings. The first-order valence-electron chi connectivity index (χ1n) is 5.36. The fraction of sp³-hybridized carbons (Fsp3) is 0.500. The zero-order valence-corrected chi connectivity index (χ0v) is 9.79. The summed E-state index contributed by atoms with van der Waals surface area (Å²) in [7, 11) is 1.69. The van der Waals surface area contributed by atoms with Crippen LogP contribution < -0.4 is 10.5 Å². The highest BCUT2D eigenvalue weighted by Crippen LogP contribution is 2.22. The van der Waals surface area contributed by atoms with Crippen LogP contribution in [0.5, 0.6) is 5.75 Å². The summed E-state index contributed by atoms with van der Waals surface area (Å²) >= 11 is 0. The number of nitrogens with zero attached hydrogens (tertiary/aromatic N) is 1. The lowest BCUT2D eigenvalue weighted by molar-refractivity contribution is 0.289. The summed E-state index contributed by atoms with van der Waals surface area (Å²) in [4.78, 5) is 2.33. The second-order valence-electron chi connectivity index (χ2n) is 3.53. The summed E-state index contributed by atoms with van der Waals surface area (Å²) in [6.45, 7) is 7.27. The third kappa shape index (κ3) is 3.13. The molecule has 1 aromatic rings. The fourth-order valence-corrected chi connectivity index (χ4v) is 1.61. The molecule has 0 bridgehead atoms. The number of hydrogen-bond donors (Lipinski definition) is 1. The number of nitrogen functional groups attached to an aromatic ring is 1. The summed E-state index contributed by atoms with van der Waals surface area (Å²) in [6.07, 6.45) is 0. The van der Waals surface area contributed by atoms with Crippen LogP contribution >= 0.6 is 0 Å². The van der Waals surface area contributed by atoms with Crippen molar-refractivity contribution in [3.63, 3.8) is 0 Å². The minimum atomic E-state index is 0.790. The van der Waals surface area contributed by atoms with E-state index in [4.69, 9.17) is 10.5 Å². The predicted molar refractivity (Wildman–Crippen MR) is 64.0 cm³/mol. The van der Waals surface area contributed by atoms with Gasteiger partial charge in [0.15, 0.2) is 0 Å². The molecule has 1 aromatic carbocycles. The van der Waals surface area contributed by atoms with E-state index in [-0.39, 0.29) is 0 Å². The Morgan fingerprint density at radius 1 is 1.27 bits per heavy atom. The number of hydrogen-bond acceptors (Lipinski definition) is 3. The van der Waals surface area contributed by atoms with Crippen LogP contribution in [0.25, 0.3) is 0 Å². The van der Waals surface area contributed by atoms with Gasteiger partial charge in [-0.1, -0.05) is 13.8 Å². The summed E-state index contributed by atoms with van der Waals surface area (Å²) in [6, 6.07) is 5.77. The van der Waals surface area contributed by atoms with Crippen LogP contribution in [0.1, 0.15) is 19.4 Å². The molecule has 2 N–H and O–H groups in total. The van der Waals surface area contributed by atoms with Gasteiger partial charge in [0.2, 0.25) is 0 Å². The van der Waals surface area contributed by atoms with Gasteiger partial charge in [-0.25, -0.2) is 0 Å². The quantitative estimate of drug-likeness (QED) is 0.753. The van der Waals surface area contributed by atoms with E-state index in [9.17, 15) is 0 Å².